The molecule has 4 fully saturated rings. The Bertz CT molecular complexity index is 1650. The summed E-state index contributed by atoms with van der Waals surface area (Å²) in [6.07, 6.45) is 2.95. The summed E-state index contributed by atoms with van der Waals surface area (Å²) in [6, 6.07) is 16.0. The van der Waals surface area contributed by atoms with Crippen molar-refractivity contribution in [3.05, 3.63) is 107 Å². The zero-order chi connectivity index (χ0) is 28.9. The number of rotatable bonds is 4. The maximum Gasteiger partial charge on any atom is 0.253 e. The maximum atomic E-state index is 14.2. The zero-order valence-electron chi connectivity index (χ0n) is 21.5. The molecule has 0 aliphatic carbocycles. The summed E-state index contributed by atoms with van der Waals surface area (Å²) >= 11 is 12.4. The number of carbonyl (C=O) groups is 4. The Balaban J connectivity index is 1.31. The lowest BCUT2D eigenvalue weighted by atomic mass is 9.87. The Labute approximate surface area is 248 Å². The van der Waals surface area contributed by atoms with Crippen molar-refractivity contribution >= 4 is 58.2 Å². The molecule has 2 aromatic heterocycles. The molecule has 4 saturated heterocycles. The van der Waals surface area contributed by atoms with E-state index in [1.807, 2.05) is 0 Å². The standard InChI is InChI=1S/C30H20Cl2N4O6/c31-15-5-1-7-17(13-15)33-27(37)21-23(19-9-3-11-41-19)36-26-22(24(20-10-4-12-42-20)35(36)25(21)29(33)39)28(38)34(30(26)40)18-8-2-6-16(32)14-18/h1-14,21-26H. The van der Waals surface area contributed by atoms with Crippen LogP contribution in [-0.2, 0) is 19.2 Å². The molecule has 4 amide bonds. The molecular formula is C30H20Cl2N4O6. The Morgan fingerprint density at radius 3 is 1.31 bits per heavy atom. The van der Waals surface area contributed by atoms with Gasteiger partial charge in [0.25, 0.3) is 11.8 Å². The molecule has 6 heterocycles. The van der Waals surface area contributed by atoms with E-state index in [-0.39, 0.29) is 0 Å². The van der Waals surface area contributed by atoms with Crippen molar-refractivity contribution in [1.29, 1.82) is 0 Å². The highest BCUT2D eigenvalue weighted by molar-refractivity contribution is 6.32. The van der Waals surface area contributed by atoms with Crippen LogP contribution in [-0.4, -0.2) is 45.7 Å². The largest absolute Gasteiger partial charge is 0.468 e. The number of carbonyl (C=O) groups excluding carboxylic acids is 4. The third-order valence-corrected chi connectivity index (χ3v) is 9.00. The lowest BCUT2D eigenvalue weighted by Gasteiger charge is -2.34. The third kappa shape index (κ3) is 3.34. The highest BCUT2D eigenvalue weighted by atomic mass is 35.5. The normalized spacial score (nSPS) is 29.1. The van der Waals surface area contributed by atoms with Crippen molar-refractivity contribution in [2.45, 2.75) is 24.2 Å². The number of hydrazine groups is 1. The molecule has 4 aliphatic rings. The van der Waals surface area contributed by atoms with Gasteiger partial charge in [0.2, 0.25) is 11.8 Å². The van der Waals surface area contributed by atoms with Crippen molar-refractivity contribution in [3.8, 4) is 0 Å². The summed E-state index contributed by atoms with van der Waals surface area (Å²) in [5.74, 6) is -3.00. The van der Waals surface area contributed by atoms with Crippen LogP contribution in [0.3, 0.4) is 0 Å². The van der Waals surface area contributed by atoms with Crippen molar-refractivity contribution in [1.82, 2.24) is 10.0 Å². The molecular weight excluding hydrogens is 583 g/mol. The average molecular weight is 603 g/mol. The van der Waals surface area contributed by atoms with E-state index in [1.54, 1.807) is 82.8 Å². The predicted molar refractivity (Wildman–Crippen MR) is 149 cm³/mol. The third-order valence-electron chi connectivity index (χ3n) is 8.53. The van der Waals surface area contributed by atoms with Crippen LogP contribution in [0, 0.1) is 11.8 Å². The molecule has 0 radical (unpaired) electrons. The average Bonchev–Trinajstić information content (AvgIpc) is 3.79. The van der Waals surface area contributed by atoms with Gasteiger partial charge < -0.3 is 8.83 Å². The van der Waals surface area contributed by atoms with E-state index in [0.717, 1.165) is 9.80 Å². The quantitative estimate of drug-likeness (QED) is 0.311. The van der Waals surface area contributed by atoms with Gasteiger partial charge in [-0.3, -0.25) is 19.2 Å². The highest BCUT2D eigenvalue weighted by Gasteiger charge is 2.74. The summed E-state index contributed by atoms with van der Waals surface area (Å²) < 4.78 is 11.6. The maximum absolute atomic E-state index is 14.2. The van der Waals surface area contributed by atoms with Crippen LogP contribution < -0.4 is 9.80 Å². The SMILES string of the molecule is O=C1C2C(C(=O)N1c1cccc(Cl)c1)N1C(c3ccco3)C3C(=O)N(c4cccc(Cl)c4)C(=O)C3N1C2c1ccco1. The smallest absolute Gasteiger partial charge is 0.253 e. The second-order valence-electron chi connectivity index (χ2n) is 10.6. The van der Waals surface area contributed by atoms with Crippen LogP contribution in [0.1, 0.15) is 23.6 Å². The Morgan fingerprint density at radius 1 is 0.524 bits per heavy atom. The van der Waals surface area contributed by atoms with Gasteiger partial charge in [0.1, 0.15) is 23.6 Å². The number of amides is 4. The Kier molecular flexibility index (Phi) is 5.55. The summed E-state index contributed by atoms with van der Waals surface area (Å²) in [5, 5.41) is 4.13. The zero-order valence-corrected chi connectivity index (χ0v) is 23.1. The van der Waals surface area contributed by atoms with E-state index < -0.39 is 59.6 Å². The fourth-order valence-electron chi connectivity index (χ4n) is 7.05. The van der Waals surface area contributed by atoms with Crippen LogP contribution in [0.25, 0.3) is 0 Å². The number of furan rings is 2. The molecule has 0 spiro atoms. The molecule has 8 rings (SSSR count). The Hall–Kier alpha value is -4.22. The minimum atomic E-state index is -1.03. The topological polar surface area (TPSA) is 108 Å². The first-order valence-electron chi connectivity index (χ1n) is 13.3. The van der Waals surface area contributed by atoms with Gasteiger partial charge in [0, 0.05) is 10.0 Å². The van der Waals surface area contributed by atoms with Crippen molar-refractivity contribution in [2.75, 3.05) is 9.80 Å². The van der Waals surface area contributed by atoms with E-state index in [9.17, 15) is 19.2 Å². The summed E-state index contributed by atoms with van der Waals surface area (Å²) in [6.45, 7) is 0. The van der Waals surface area contributed by atoms with Gasteiger partial charge in [-0.05, 0) is 60.7 Å². The van der Waals surface area contributed by atoms with E-state index in [4.69, 9.17) is 32.0 Å². The van der Waals surface area contributed by atoms with E-state index in [0.29, 0.717) is 32.9 Å². The van der Waals surface area contributed by atoms with Gasteiger partial charge in [-0.15, -0.1) is 0 Å². The van der Waals surface area contributed by atoms with Gasteiger partial charge in [-0.2, -0.15) is 0 Å². The molecule has 2 aromatic carbocycles. The number of hydrogen-bond donors (Lipinski definition) is 0. The van der Waals surface area contributed by atoms with Crippen LogP contribution in [0.15, 0.2) is 94.2 Å². The summed E-state index contributed by atoms with van der Waals surface area (Å²) in [5.41, 5.74) is 0.676. The molecule has 42 heavy (non-hydrogen) atoms. The van der Waals surface area contributed by atoms with E-state index in [2.05, 4.69) is 0 Å². The lowest BCUT2D eigenvalue weighted by Crippen LogP contribution is -2.50. The first-order valence-corrected chi connectivity index (χ1v) is 14.0. The molecule has 6 unspecified atom stereocenters. The lowest BCUT2D eigenvalue weighted by molar-refractivity contribution is -0.136. The number of fused-ring (bicyclic) bond motifs is 5. The number of imide groups is 2. The molecule has 6 atom stereocenters. The fourth-order valence-corrected chi connectivity index (χ4v) is 7.42. The van der Waals surface area contributed by atoms with Gasteiger partial charge >= 0.3 is 0 Å². The highest BCUT2D eigenvalue weighted by Crippen LogP contribution is 2.59. The van der Waals surface area contributed by atoms with Crippen LogP contribution >= 0.6 is 23.2 Å². The van der Waals surface area contributed by atoms with Crippen molar-refractivity contribution in [3.63, 3.8) is 0 Å². The van der Waals surface area contributed by atoms with Crippen molar-refractivity contribution in [2.24, 2.45) is 11.8 Å². The predicted octanol–water partition coefficient (Wildman–Crippen LogP) is 4.62. The number of anilines is 2. The molecule has 12 heteroatoms. The second kappa shape index (κ2) is 9.14. The first-order chi connectivity index (χ1) is 20.4. The molecule has 0 bridgehead atoms. The van der Waals surface area contributed by atoms with Crippen LogP contribution in [0.2, 0.25) is 10.0 Å². The summed E-state index contributed by atoms with van der Waals surface area (Å²) in [4.78, 5) is 59.0. The minimum absolute atomic E-state index is 0.338. The van der Waals surface area contributed by atoms with Crippen LogP contribution in [0.4, 0.5) is 11.4 Å². The van der Waals surface area contributed by atoms with Gasteiger partial charge in [0.15, 0.2) is 0 Å². The van der Waals surface area contributed by atoms with Crippen molar-refractivity contribution < 1.29 is 28.0 Å². The molecule has 10 nitrogen and oxygen atoms in total. The second-order valence-corrected chi connectivity index (χ2v) is 11.5. The summed E-state index contributed by atoms with van der Waals surface area (Å²) in [7, 11) is 0. The van der Waals surface area contributed by atoms with Gasteiger partial charge in [0.05, 0.1) is 47.8 Å². The number of benzene rings is 2. The fraction of sp³-hybridized carbons (Fsp3) is 0.200. The number of nitrogens with zero attached hydrogens (tertiary/aromatic N) is 4. The van der Waals surface area contributed by atoms with E-state index in [1.165, 1.54) is 12.5 Å². The number of hydrogen-bond acceptors (Lipinski definition) is 8. The van der Waals surface area contributed by atoms with Gasteiger partial charge in [-0.25, -0.2) is 19.8 Å². The van der Waals surface area contributed by atoms with Crippen LogP contribution in [0.5, 0.6) is 0 Å². The van der Waals surface area contributed by atoms with Gasteiger partial charge in [-0.1, -0.05) is 35.3 Å². The minimum Gasteiger partial charge on any atom is -0.468 e. The molecule has 4 aromatic rings. The molecule has 210 valence electrons. The number of halogens is 2. The Morgan fingerprint density at radius 2 is 0.952 bits per heavy atom. The molecule has 4 aliphatic heterocycles. The van der Waals surface area contributed by atoms with E-state index >= 15 is 0 Å². The molecule has 0 N–H and O–H groups in total. The first kappa shape index (κ1) is 25.5. The molecule has 0 saturated carbocycles. The monoisotopic (exact) mass is 602 g/mol.